The Morgan fingerprint density at radius 1 is 1.19 bits per heavy atom. The Labute approximate surface area is 190 Å². The van der Waals surface area contributed by atoms with Crippen LogP contribution in [-0.4, -0.2) is 48.4 Å². The van der Waals surface area contributed by atoms with Gasteiger partial charge in [-0.1, -0.05) is 42.3 Å². The highest BCUT2D eigenvalue weighted by molar-refractivity contribution is 6.35. The van der Waals surface area contributed by atoms with Crippen LogP contribution < -0.4 is 15.0 Å². The van der Waals surface area contributed by atoms with Crippen molar-refractivity contribution in [3.8, 4) is 5.75 Å². The third-order valence-corrected chi connectivity index (χ3v) is 5.31. The summed E-state index contributed by atoms with van der Waals surface area (Å²) in [6, 6.07) is 11.8. The van der Waals surface area contributed by atoms with Gasteiger partial charge in [-0.25, -0.2) is 0 Å². The van der Waals surface area contributed by atoms with Crippen molar-refractivity contribution in [2.24, 2.45) is 0 Å². The van der Waals surface area contributed by atoms with Gasteiger partial charge in [0.05, 0.1) is 22.9 Å². The minimum atomic E-state index is -0.699. The molecule has 0 aromatic heterocycles. The van der Waals surface area contributed by atoms with Crippen LogP contribution >= 0.6 is 23.2 Å². The number of carbonyl (C=O) groups excluding carboxylic acids is 3. The van der Waals surface area contributed by atoms with Crippen LogP contribution in [0, 0.1) is 0 Å². The largest absolute Gasteiger partial charge is 0.479 e. The zero-order valence-electron chi connectivity index (χ0n) is 17.2. The molecule has 1 aliphatic heterocycles. The highest BCUT2D eigenvalue weighted by atomic mass is 35.5. The summed E-state index contributed by atoms with van der Waals surface area (Å²) in [7, 11) is 0. The van der Waals surface area contributed by atoms with E-state index >= 15 is 0 Å². The molecule has 1 aliphatic rings. The van der Waals surface area contributed by atoms with Crippen molar-refractivity contribution in [3.05, 3.63) is 52.5 Å². The number of fused-ring (bicyclic) bond motifs is 1. The molecule has 3 amide bonds. The summed E-state index contributed by atoms with van der Waals surface area (Å²) < 4.78 is 5.61. The highest BCUT2D eigenvalue weighted by Crippen LogP contribution is 2.33. The van der Waals surface area contributed by atoms with Crippen LogP contribution in [0.3, 0.4) is 0 Å². The molecule has 0 spiro atoms. The fourth-order valence-electron chi connectivity index (χ4n) is 3.28. The molecule has 0 aliphatic carbocycles. The van der Waals surface area contributed by atoms with E-state index in [1.54, 1.807) is 49.4 Å². The second-order valence-electron chi connectivity index (χ2n) is 7.14. The monoisotopic (exact) mass is 463 g/mol. The van der Waals surface area contributed by atoms with E-state index < -0.39 is 12.0 Å². The van der Waals surface area contributed by atoms with Crippen molar-refractivity contribution in [3.63, 3.8) is 0 Å². The quantitative estimate of drug-likeness (QED) is 0.673. The molecule has 7 nitrogen and oxygen atoms in total. The van der Waals surface area contributed by atoms with Crippen molar-refractivity contribution in [2.45, 2.75) is 26.4 Å². The Bertz CT molecular complexity index is 998. The third-order valence-electron chi connectivity index (χ3n) is 4.75. The van der Waals surface area contributed by atoms with Gasteiger partial charge in [-0.2, -0.15) is 0 Å². The zero-order chi connectivity index (χ0) is 22.5. The standard InChI is InChI=1S/C22H23Cl2N3O4/c1-3-10-26(12-20(28)25-17-11-15(23)8-9-16(17)24)21(29)13-27-18-6-4-5-7-19(18)31-14(2)22(27)30/h4-9,11,14H,3,10,12-13H2,1-2H3,(H,25,28)/t14-/m1/s1. The van der Waals surface area contributed by atoms with Crippen molar-refractivity contribution < 1.29 is 19.1 Å². The lowest BCUT2D eigenvalue weighted by molar-refractivity contribution is -0.135. The molecular weight excluding hydrogens is 441 g/mol. The van der Waals surface area contributed by atoms with Gasteiger partial charge in [-0.3, -0.25) is 19.3 Å². The van der Waals surface area contributed by atoms with Crippen LogP contribution in [0.2, 0.25) is 10.0 Å². The molecule has 2 aromatic rings. The van der Waals surface area contributed by atoms with Crippen molar-refractivity contribution in [2.75, 3.05) is 29.9 Å². The Hall–Kier alpha value is -2.77. The average Bonchev–Trinajstić information content (AvgIpc) is 2.73. The first-order valence-electron chi connectivity index (χ1n) is 9.90. The number of rotatable bonds is 7. The summed E-state index contributed by atoms with van der Waals surface area (Å²) in [5.41, 5.74) is 0.903. The number of carbonyl (C=O) groups is 3. The number of hydrogen-bond acceptors (Lipinski definition) is 4. The van der Waals surface area contributed by atoms with Gasteiger partial charge in [0, 0.05) is 11.6 Å². The Morgan fingerprint density at radius 2 is 1.94 bits per heavy atom. The Balaban J connectivity index is 1.72. The number of hydrogen-bond donors (Lipinski definition) is 1. The fourth-order valence-corrected chi connectivity index (χ4v) is 3.61. The number of benzene rings is 2. The summed E-state index contributed by atoms with van der Waals surface area (Å²) in [4.78, 5) is 41.1. The molecule has 0 radical (unpaired) electrons. The van der Waals surface area contributed by atoms with E-state index in [1.807, 2.05) is 6.92 Å². The third kappa shape index (κ3) is 5.48. The molecule has 3 rings (SSSR count). The lowest BCUT2D eigenvalue weighted by atomic mass is 10.2. The molecule has 0 saturated carbocycles. The molecule has 164 valence electrons. The molecule has 0 fully saturated rings. The van der Waals surface area contributed by atoms with Gasteiger partial charge in [-0.15, -0.1) is 0 Å². The molecule has 2 aromatic carbocycles. The number of amides is 3. The van der Waals surface area contributed by atoms with Gasteiger partial charge in [0.25, 0.3) is 5.91 Å². The van der Waals surface area contributed by atoms with E-state index in [4.69, 9.17) is 27.9 Å². The van der Waals surface area contributed by atoms with E-state index in [0.717, 1.165) is 0 Å². The lowest BCUT2D eigenvalue weighted by Crippen LogP contribution is -2.50. The predicted molar refractivity (Wildman–Crippen MR) is 121 cm³/mol. The minimum Gasteiger partial charge on any atom is -0.479 e. The predicted octanol–water partition coefficient (Wildman–Crippen LogP) is 3.98. The lowest BCUT2D eigenvalue weighted by Gasteiger charge is -2.34. The molecule has 0 bridgehead atoms. The van der Waals surface area contributed by atoms with Gasteiger partial charge in [-0.05, 0) is 43.7 Å². The van der Waals surface area contributed by atoms with Gasteiger partial charge >= 0.3 is 0 Å². The molecule has 9 heteroatoms. The fraction of sp³-hybridized carbons (Fsp3) is 0.318. The summed E-state index contributed by atoms with van der Waals surface area (Å²) in [6.45, 7) is 3.55. The minimum absolute atomic E-state index is 0.175. The maximum absolute atomic E-state index is 13.0. The summed E-state index contributed by atoms with van der Waals surface area (Å²) in [6.07, 6.45) is -0.0448. The van der Waals surface area contributed by atoms with E-state index in [2.05, 4.69) is 5.32 Å². The number of halogens is 2. The first-order chi connectivity index (χ1) is 14.8. The zero-order valence-corrected chi connectivity index (χ0v) is 18.7. The SMILES string of the molecule is CCCN(CC(=O)Nc1cc(Cl)ccc1Cl)C(=O)CN1C(=O)[C@@H](C)Oc2ccccc21. The van der Waals surface area contributed by atoms with Crippen LogP contribution in [0.15, 0.2) is 42.5 Å². The smallest absolute Gasteiger partial charge is 0.268 e. The number of ether oxygens (including phenoxy) is 1. The summed E-state index contributed by atoms with van der Waals surface area (Å²) >= 11 is 12.1. The second kappa shape index (κ2) is 10.0. The van der Waals surface area contributed by atoms with Crippen LogP contribution in [-0.2, 0) is 14.4 Å². The van der Waals surface area contributed by atoms with E-state index in [-0.39, 0.29) is 24.9 Å². The van der Waals surface area contributed by atoms with Crippen LogP contribution in [0.1, 0.15) is 20.3 Å². The molecular formula is C22H23Cl2N3O4. The number of para-hydroxylation sites is 2. The normalized spacial score (nSPS) is 15.2. The van der Waals surface area contributed by atoms with Crippen LogP contribution in [0.4, 0.5) is 11.4 Å². The van der Waals surface area contributed by atoms with Crippen molar-refractivity contribution in [1.29, 1.82) is 0 Å². The number of anilines is 2. The van der Waals surface area contributed by atoms with Crippen LogP contribution in [0.5, 0.6) is 5.75 Å². The molecule has 31 heavy (non-hydrogen) atoms. The summed E-state index contributed by atoms with van der Waals surface area (Å²) in [5, 5.41) is 3.45. The Morgan fingerprint density at radius 3 is 2.68 bits per heavy atom. The molecule has 1 N–H and O–H groups in total. The molecule has 1 heterocycles. The van der Waals surface area contributed by atoms with Crippen molar-refractivity contribution >= 4 is 52.3 Å². The van der Waals surface area contributed by atoms with E-state index in [0.29, 0.717) is 40.1 Å². The second-order valence-corrected chi connectivity index (χ2v) is 7.98. The molecule has 1 atom stereocenters. The van der Waals surface area contributed by atoms with Crippen LogP contribution in [0.25, 0.3) is 0 Å². The van der Waals surface area contributed by atoms with Gasteiger partial charge in [0.1, 0.15) is 12.3 Å². The van der Waals surface area contributed by atoms with E-state index in [9.17, 15) is 14.4 Å². The van der Waals surface area contributed by atoms with E-state index in [1.165, 1.54) is 9.80 Å². The van der Waals surface area contributed by atoms with Gasteiger partial charge < -0.3 is 15.0 Å². The number of nitrogens with one attached hydrogen (secondary N) is 1. The Kier molecular flexibility index (Phi) is 7.41. The highest BCUT2D eigenvalue weighted by Gasteiger charge is 2.33. The number of nitrogens with zero attached hydrogens (tertiary/aromatic N) is 2. The summed E-state index contributed by atoms with van der Waals surface area (Å²) in [5.74, 6) is -0.518. The van der Waals surface area contributed by atoms with Crippen molar-refractivity contribution in [1.82, 2.24) is 4.90 Å². The maximum atomic E-state index is 13.0. The molecule has 0 saturated heterocycles. The van der Waals surface area contributed by atoms with Gasteiger partial charge in [0.15, 0.2) is 6.10 Å². The first-order valence-corrected chi connectivity index (χ1v) is 10.7. The average molecular weight is 464 g/mol. The van der Waals surface area contributed by atoms with Gasteiger partial charge in [0.2, 0.25) is 11.8 Å². The molecule has 0 unspecified atom stereocenters. The topological polar surface area (TPSA) is 79.0 Å². The first kappa shape index (κ1) is 22.9. The maximum Gasteiger partial charge on any atom is 0.268 e.